The number of nitrogens with zero attached hydrogens (tertiary/aromatic N) is 1. The van der Waals surface area contributed by atoms with Gasteiger partial charge >= 0.3 is 0 Å². The maximum absolute atomic E-state index is 5.79. The van der Waals surface area contributed by atoms with Gasteiger partial charge in [0.15, 0.2) is 0 Å². The largest absolute Gasteiger partial charge is 0.389 e. The van der Waals surface area contributed by atoms with E-state index in [0.717, 1.165) is 35.1 Å². The van der Waals surface area contributed by atoms with Crippen LogP contribution in [0.5, 0.6) is 0 Å². The topological polar surface area (TPSA) is 50.9 Å². The first-order chi connectivity index (χ1) is 8.31. The molecule has 0 saturated heterocycles. The summed E-state index contributed by atoms with van der Waals surface area (Å²) in [7, 11) is 0. The summed E-state index contributed by atoms with van der Waals surface area (Å²) in [5, 5.41) is 3.49. The molecule has 1 aliphatic rings. The van der Waals surface area contributed by atoms with Gasteiger partial charge in [0.1, 0.15) is 4.99 Å². The number of thiocarbonyl (C=S) groups is 1. The van der Waals surface area contributed by atoms with Crippen LogP contribution in [0.25, 0.3) is 0 Å². The molecule has 0 amide bonds. The van der Waals surface area contributed by atoms with Crippen molar-refractivity contribution in [3.05, 3.63) is 23.0 Å². The standard InChI is InChI=1S/C14H21N3S/c1-8-5-11(12(13(15)18)9(2)17-8)16-7-10-6-14(10,3)4/h5,10H,6-7H2,1-4H3,(H2,15,18)(H,16,17). The third-order valence-corrected chi connectivity index (χ3v) is 4.04. The predicted octanol–water partition coefficient (Wildman–Crippen LogP) is 2.79. The van der Waals surface area contributed by atoms with Crippen LogP contribution >= 0.6 is 12.2 Å². The van der Waals surface area contributed by atoms with E-state index in [1.165, 1.54) is 6.42 Å². The molecule has 18 heavy (non-hydrogen) atoms. The van der Waals surface area contributed by atoms with Crippen molar-refractivity contribution in [2.24, 2.45) is 17.1 Å². The summed E-state index contributed by atoms with van der Waals surface area (Å²) in [4.78, 5) is 4.83. The molecule has 0 aliphatic heterocycles. The van der Waals surface area contributed by atoms with Crippen LogP contribution in [0.3, 0.4) is 0 Å². The molecule has 1 aromatic rings. The van der Waals surface area contributed by atoms with Crippen LogP contribution in [0.2, 0.25) is 0 Å². The molecule has 2 rings (SSSR count). The molecule has 1 unspecified atom stereocenters. The molecule has 1 atom stereocenters. The number of anilines is 1. The van der Waals surface area contributed by atoms with Crippen molar-refractivity contribution < 1.29 is 0 Å². The Bertz CT molecular complexity index is 494. The molecule has 1 aromatic heterocycles. The molecule has 1 aliphatic carbocycles. The van der Waals surface area contributed by atoms with Gasteiger partial charge in [-0.1, -0.05) is 26.1 Å². The van der Waals surface area contributed by atoms with Crippen LogP contribution in [-0.4, -0.2) is 16.5 Å². The summed E-state index contributed by atoms with van der Waals surface area (Å²) in [5.41, 5.74) is 10.1. The number of aryl methyl sites for hydroxylation is 2. The number of hydrogen-bond donors (Lipinski definition) is 2. The van der Waals surface area contributed by atoms with Crippen LogP contribution in [0.4, 0.5) is 5.69 Å². The van der Waals surface area contributed by atoms with Crippen molar-refractivity contribution >= 4 is 22.9 Å². The lowest BCUT2D eigenvalue weighted by Gasteiger charge is -2.14. The summed E-state index contributed by atoms with van der Waals surface area (Å²) in [5.74, 6) is 0.741. The molecule has 0 bridgehead atoms. The fourth-order valence-electron chi connectivity index (χ4n) is 2.44. The second kappa shape index (κ2) is 4.50. The number of rotatable bonds is 4. The van der Waals surface area contributed by atoms with Gasteiger partial charge in [-0.3, -0.25) is 4.98 Å². The highest BCUT2D eigenvalue weighted by Gasteiger charge is 2.45. The Labute approximate surface area is 114 Å². The van der Waals surface area contributed by atoms with Crippen molar-refractivity contribution in [3.8, 4) is 0 Å². The monoisotopic (exact) mass is 263 g/mol. The number of pyridine rings is 1. The highest BCUT2D eigenvalue weighted by Crippen LogP contribution is 2.51. The smallest absolute Gasteiger partial charge is 0.107 e. The average molecular weight is 263 g/mol. The van der Waals surface area contributed by atoms with Crippen molar-refractivity contribution in [3.63, 3.8) is 0 Å². The SMILES string of the molecule is Cc1cc(NCC2CC2(C)C)c(C(N)=S)c(C)n1. The summed E-state index contributed by atoms with van der Waals surface area (Å²) in [6.45, 7) is 9.52. The first-order valence-electron chi connectivity index (χ1n) is 6.33. The second-order valence-electron chi connectivity index (χ2n) is 5.91. The number of hydrogen-bond acceptors (Lipinski definition) is 3. The second-order valence-corrected chi connectivity index (χ2v) is 6.35. The maximum Gasteiger partial charge on any atom is 0.107 e. The van der Waals surface area contributed by atoms with Gasteiger partial charge in [0.05, 0.1) is 5.56 Å². The Balaban J connectivity index is 2.18. The van der Waals surface area contributed by atoms with Crippen molar-refractivity contribution in [1.82, 2.24) is 4.98 Å². The number of nitrogens with two attached hydrogens (primary N) is 1. The predicted molar refractivity (Wildman–Crippen MR) is 80.0 cm³/mol. The lowest BCUT2D eigenvalue weighted by Crippen LogP contribution is -2.18. The fraction of sp³-hybridized carbons (Fsp3) is 0.571. The Morgan fingerprint density at radius 1 is 1.56 bits per heavy atom. The highest BCUT2D eigenvalue weighted by molar-refractivity contribution is 7.80. The van der Waals surface area contributed by atoms with E-state index in [1.54, 1.807) is 0 Å². The average Bonchev–Trinajstić information content (AvgIpc) is 2.81. The minimum atomic E-state index is 0.414. The van der Waals surface area contributed by atoms with E-state index >= 15 is 0 Å². The van der Waals surface area contributed by atoms with E-state index < -0.39 is 0 Å². The third-order valence-electron chi connectivity index (χ3n) is 3.83. The van der Waals surface area contributed by atoms with Gasteiger partial charge in [-0.2, -0.15) is 0 Å². The summed E-state index contributed by atoms with van der Waals surface area (Å²) in [6, 6.07) is 2.02. The van der Waals surface area contributed by atoms with E-state index in [-0.39, 0.29) is 0 Å². The molecular formula is C14H21N3S. The summed E-state index contributed by atoms with van der Waals surface area (Å²) >= 11 is 5.12. The minimum absolute atomic E-state index is 0.414. The van der Waals surface area contributed by atoms with E-state index in [2.05, 4.69) is 24.1 Å². The van der Waals surface area contributed by atoms with E-state index in [1.807, 2.05) is 19.9 Å². The van der Waals surface area contributed by atoms with Gasteiger partial charge in [-0.15, -0.1) is 0 Å². The van der Waals surface area contributed by atoms with Gasteiger partial charge in [0.2, 0.25) is 0 Å². The van der Waals surface area contributed by atoms with Gasteiger partial charge in [-0.25, -0.2) is 0 Å². The normalized spacial score (nSPS) is 20.6. The van der Waals surface area contributed by atoms with Crippen LogP contribution in [-0.2, 0) is 0 Å². The minimum Gasteiger partial charge on any atom is -0.389 e. The molecule has 0 spiro atoms. The molecule has 98 valence electrons. The van der Waals surface area contributed by atoms with E-state index in [0.29, 0.717) is 10.4 Å². The van der Waals surface area contributed by atoms with Gasteiger partial charge < -0.3 is 11.1 Å². The molecule has 1 saturated carbocycles. The van der Waals surface area contributed by atoms with Crippen LogP contribution < -0.4 is 11.1 Å². The molecule has 0 radical (unpaired) electrons. The maximum atomic E-state index is 5.79. The van der Waals surface area contributed by atoms with E-state index in [4.69, 9.17) is 18.0 Å². The van der Waals surface area contributed by atoms with Crippen LogP contribution in [0.15, 0.2) is 6.07 Å². The van der Waals surface area contributed by atoms with Gasteiger partial charge in [-0.05, 0) is 37.7 Å². The Morgan fingerprint density at radius 2 is 2.17 bits per heavy atom. The Kier molecular flexibility index (Phi) is 3.32. The molecule has 3 nitrogen and oxygen atoms in total. The molecular weight excluding hydrogens is 242 g/mol. The molecule has 1 fully saturated rings. The highest BCUT2D eigenvalue weighted by atomic mass is 32.1. The van der Waals surface area contributed by atoms with Crippen LogP contribution in [0, 0.1) is 25.2 Å². The van der Waals surface area contributed by atoms with Crippen molar-refractivity contribution in [2.45, 2.75) is 34.1 Å². The van der Waals surface area contributed by atoms with Gasteiger partial charge in [0, 0.05) is 23.6 Å². The van der Waals surface area contributed by atoms with Crippen molar-refractivity contribution in [1.29, 1.82) is 0 Å². The molecule has 4 heteroatoms. The third kappa shape index (κ3) is 2.64. The lowest BCUT2D eigenvalue weighted by atomic mass is 10.1. The van der Waals surface area contributed by atoms with E-state index in [9.17, 15) is 0 Å². The Hall–Kier alpha value is -1.16. The zero-order valence-corrected chi connectivity index (χ0v) is 12.3. The van der Waals surface area contributed by atoms with Gasteiger partial charge in [0.25, 0.3) is 0 Å². The first-order valence-corrected chi connectivity index (χ1v) is 6.74. The van der Waals surface area contributed by atoms with Crippen molar-refractivity contribution in [2.75, 3.05) is 11.9 Å². The number of aromatic nitrogens is 1. The zero-order valence-electron chi connectivity index (χ0n) is 11.5. The molecule has 0 aromatic carbocycles. The lowest BCUT2D eigenvalue weighted by molar-refractivity contribution is 0.573. The first kappa shape index (κ1) is 13.3. The van der Waals surface area contributed by atoms with Crippen LogP contribution in [0.1, 0.15) is 37.2 Å². The zero-order chi connectivity index (χ0) is 13.5. The molecule has 1 heterocycles. The summed E-state index contributed by atoms with van der Waals surface area (Å²) < 4.78 is 0. The fourth-order valence-corrected chi connectivity index (χ4v) is 2.69. The quantitative estimate of drug-likeness (QED) is 0.820. The number of nitrogens with one attached hydrogen (secondary N) is 1. The Morgan fingerprint density at radius 3 is 2.67 bits per heavy atom. The summed E-state index contributed by atoms with van der Waals surface area (Å²) in [6.07, 6.45) is 1.28. The molecule has 3 N–H and O–H groups in total.